The minimum atomic E-state index is 0.152. The first kappa shape index (κ1) is 12.9. The third kappa shape index (κ3) is 3.23. The Morgan fingerprint density at radius 3 is 2.67 bits per heavy atom. The molecule has 1 saturated carbocycles. The summed E-state index contributed by atoms with van der Waals surface area (Å²) in [7, 11) is 0. The molecule has 0 radical (unpaired) electrons. The Morgan fingerprint density at radius 1 is 1.39 bits per heavy atom. The van der Waals surface area contributed by atoms with Crippen molar-refractivity contribution in [2.45, 2.75) is 38.8 Å². The molecule has 2 atom stereocenters. The highest BCUT2D eigenvalue weighted by atomic mass is 16.4. The number of hydrogen-bond acceptors (Lipinski definition) is 3. The number of nitrogens with zero attached hydrogens (tertiary/aromatic N) is 1. The van der Waals surface area contributed by atoms with Gasteiger partial charge in [-0.1, -0.05) is 36.3 Å². The van der Waals surface area contributed by atoms with Crippen LogP contribution in [0.3, 0.4) is 0 Å². The zero-order valence-electron chi connectivity index (χ0n) is 10.8. The summed E-state index contributed by atoms with van der Waals surface area (Å²) in [6.07, 6.45) is 3.89. The molecule has 4 nitrogen and oxygen atoms in total. The van der Waals surface area contributed by atoms with Gasteiger partial charge in [-0.15, -0.1) is 0 Å². The van der Waals surface area contributed by atoms with Gasteiger partial charge in [-0.3, -0.25) is 0 Å². The van der Waals surface area contributed by atoms with Crippen LogP contribution in [0.15, 0.2) is 29.4 Å². The lowest BCUT2D eigenvalue weighted by molar-refractivity contribution is 0.318. The van der Waals surface area contributed by atoms with Gasteiger partial charge in [0, 0.05) is 18.2 Å². The summed E-state index contributed by atoms with van der Waals surface area (Å²) in [5, 5.41) is 15.1. The Hall–Kier alpha value is -1.55. The Kier molecular flexibility index (Phi) is 4.20. The number of amidine groups is 1. The molecule has 2 unspecified atom stereocenters. The fraction of sp³-hybridized carbons (Fsp3) is 0.500. The van der Waals surface area contributed by atoms with Crippen molar-refractivity contribution in [1.29, 1.82) is 0 Å². The van der Waals surface area contributed by atoms with E-state index in [0.717, 1.165) is 18.0 Å². The van der Waals surface area contributed by atoms with Gasteiger partial charge in [0.25, 0.3) is 0 Å². The van der Waals surface area contributed by atoms with Gasteiger partial charge in [-0.05, 0) is 30.7 Å². The van der Waals surface area contributed by atoms with Gasteiger partial charge in [0.05, 0.1) is 0 Å². The fourth-order valence-corrected chi connectivity index (χ4v) is 2.51. The highest BCUT2D eigenvalue weighted by Gasteiger charge is 2.20. The summed E-state index contributed by atoms with van der Waals surface area (Å²) in [5.41, 5.74) is 7.49. The van der Waals surface area contributed by atoms with Gasteiger partial charge < -0.3 is 16.3 Å². The van der Waals surface area contributed by atoms with Crippen LogP contribution in [0, 0.1) is 5.92 Å². The largest absolute Gasteiger partial charge is 0.409 e. The van der Waals surface area contributed by atoms with Crippen LogP contribution in [0.25, 0.3) is 0 Å². The van der Waals surface area contributed by atoms with E-state index in [1.165, 1.54) is 24.8 Å². The van der Waals surface area contributed by atoms with E-state index in [1.807, 2.05) is 24.3 Å². The van der Waals surface area contributed by atoms with Gasteiger partial charge in [0.2, 0.25) is 0 Å². The summed E-state index contributed by atoms with van der Waals surface area (Å²) < 4.78 is 0. The Balaban J connectivity index is 1.87. The average Bonchev–Trinajstić information content (AvgIpc) is 2.82. The summed E-state index contributed by atoms with van der Waals surface area (Å²) >= 11 is 0. The predicted octanol–water partition coefficient (Wildman–Crippen LogP) is 2.06. The first-order chi connectivity index (χ1) is 8.69. The quantitative estimate of drug-likeness (QED) is 0.330. The molecule has 0 heterocycles. The number of nitrogens with two attached hydrogens (primary N) is 1. The Morgan fingerprint density at radius 2 is 2.11 bits per heavy atom. The number of oxime groups is 1. The van der Waals surface area contributed by atoms with Gasteiger partial charge >= 0.3 is 0 Å². The van der Waals surface area contributed by atoms with E-state index in [0.29, 0.717) is 6.04 Å². The molecule has 18 heavy (non-hydrogen) atoms. The molecule has 98 valence electrons. The van der Waals surface area contributed by atoms with Gasteiger partial charge in [0.15, 0.2) is 5.84 Å². The van der Waals surface area contributed by atoms with Crippen LogP contribution in [0.4, 0.5) is 0 Å². The van der Waals surface area contributed by atoms with Crippen LogP contribution in [-0.2, 0) is 6.54 Å². The molecule has 1 aromatic rings. The molecule has 0 amide bonds. The average molecular weight is 247 g/mol. The highest BCUT2D eigenvalue weighted by molar-refractivity contribution is 5.96. The molecular weight excluding hydrogens is 226 g/mol. The number of benzene rings is 1. The third-order valence-corrected chi connectivity index (χ3v) is 3.65. The lowest BCUT2D eigenvalue weighted by atomic mass is 10.1. The van der Waals surface area contributed by atoms with Crippen molar-refractivity contribution in [3.8, 4) is 0 Å². The molecule has 0 aliphatic heterocycles. The standard InChI is InChI=1S/C14H21N3O/c1-10-2-7-13(8-10)16-9-11-3-5-12(6-4-11)14(15)17-18/h3-6,10,13,16,18H,2,7-9H2,1H3,(H2,15,17). The van der Waals surface area contributed by atoms with Crippen LogP contribution in [-0.4, -0.2) is 17.1 Å². The summed E-state index contributed by atoms with van der Waals surface area (Å²) in [4.78, 5) is 0. The summed E-state index contributed by atoms with van der Waals surface area (Å²) in [6.45, 7) is 3.20. The molecule has 0 bridgehead atoms. The molecule has 1 aromatic carbocycles. The van der Waals surface area contributed by atoms with Crippen LogP contribution < -0.4 is 11.1 Å². The van der Waals surface area contributed by atoms with Crippen LogP contribution >= 0.6 is 0 Å². The molecular formula is C14H21N3O. The lowest BCUT2D eigenvalue weighted by Crippen LogP contribution is -2.25. The van der Waals surface area contributed by atoms with E-state index in [-0.39, 0.29) is 5.84 Å². The number of hydrogen-bond donors (Lipinski definition) is 3. The van der Waals surface area contributed by atoms with E-state index in [2.05, 4.69) is 17.4 Å². The smallest absolute Gasteiger partial charge is 0.170 e. The summed E-state index contributed by atoms with van der Waals surface area (Å²) in [5.74, 6) is 1.00. The SMILES string of the molecule is CC1CCC(NCc2ccc(/C(N)=N/O)cc2)C1. The maximum Gasteiger partial charge on any atom is 0.170 e. The minimum Gasteiger partial charge on any atom is -0.409 e. The van der Waals surface area contributed by atoms with Crippen LogP contribution in [0.5, 0.6) is 0 Å². The van der Waals surface area contributed by atoms with Crippen LogP contribution in [0.1, 0.15) is 37.3 Å². The molecule has 0 spiro atoms. The van der Waals surface area contributed by atoms with Gasteiger partial charge in [0.1, 0.15) is 0 Å². The monoisotopic (exact) mass is 247 g/mol. The molecule has 4 N–H and O–H groups in total. The fourth-order valence-electron chi connectivity index (χ4n) is 2.51. The van der Waals surface area contributed by atoms with E-state index >= 15 is 0 Å². The van der Waals surface area contributed by atoms with Crippen molar-refractivity contribution in [2.24, 2.45) is 16.8 Å². The second-order valence-corrected chi connectivity index (χ2v) is 5.18. The maximum atomic E-state index is 8.58. The van der Waals surface area contributed by atoms with Crippen molar-refractivity contribution in [3.05, 3.63) is 35.4 Å². The molecule has 0 saturated heterocycles. The van der Waals surface area contributed by atoms with Crippen molar-refractivity contribution in [1.82, 2.24) is 5.32 Å². The first-order valence-electron chi connectivity index (χ1n) is 6.49. The number of rotatable bonds is 4. The first-order valence-corrected chi connectivity index (χ1v) is 6.49. The normalized spacial score (nSPS) is 24.4. The zero-order chi connectivity index (χ0) is 13.0. The molecule has 1 aliphatic rings. The molecule has 2 rings (SSSR count). The predicted molar refractivity (Wildman–Crippen MR) is 72.6 cm³/mol. The summed E-state index contributed by atoms with van der Waals surface area (Å²) in [6, 6.07) is 8.44. The van der Waals surface area contributed by atoms with Crippen LogP contribution in [0.2, 0.25) is 0 Å². The van der Waals surface area contributed by atoms with Crippen molar-refractivity contribution >= 4 is 5.84 Å². The number of nitrogens with one attached hydrogen (secondary N) is 1. The molecule has 4 heteroatoms. The molecule has 1 fully saturated rings. The topological polar surface area (TPSA) is 70.6 Å². The molecule has 0 aromatic heterocycles. The van der Waals surface area contributed by atoms with Crippen molar-refractivity contribution in [2.75, 3.05) is 0 Å². The Bertz CT molecular complexity index is 414. The van der Waals surface area contributed by atoms with Gasteiger partial charge in [-0.25, -0.2) is 0 Å². The third-order valence-electron chi connectivity index (χ3n) is 3.65. The van der Waals surface area contributed by atoms with Crippen molar-refractivity contribution in [3.63, 3.8) is 0 Å². The molecule has 1 aliphatic carbocycles. The zero-order valence-corrected chi connectivity index (χ0v) is 10.8. The van der Waals surface area contributed by atoms with Crippen molar-refractivity contribution < 1.29 is 5.21 Å². The van der Waals surface area contributed by atoms with E-state index < -0.39 is 0 Å². The lowest BCUT2D eigenvalue weighted by Gasteiger charge is -2.12. The van der Waals surface area contributed by atoms with E-state index in [9.17, 15) is 0 Å². The minimum absolute atomic E-state index is 0.152. The second-order valence-electron chi connectivity index (χ2n) is 5.18. The maximum absolute atomic E-state index is 8.58. The van der Waals surface area contributed by atoms with E-state index in [4.69, 9.17) is 10.9 Å². The van der Waals surface area contributed by atoms with E-state index in [1.54, 1.807) is 0 Å². The Labute approximate surface area is 108 Å². The highest BCUT2D eigenvalue weighted by Crippen LogP contribution is 2.24. The van der Waals surface area contributed by atoms with Gasteiger partial charge in [-0.2, -0.15) is 0 Å². The second kappa shape index (κ2) is 5.87.